The van der Waals surface area contributed by atoms with Crippen molar-refractivity contribution in [2.45, 2.75) is 26.4 Å². The molecule has 0 fully saturated rings. The van der Waals surface area contributed by atoms with E-state index in [4.69, 9.17) is 4.74 Å². The molecule has 1 N–H and O–H groups in total. The topological polar surface area (TPSA) is 47.3 Å². The first-order chi connectivity index (χ1) is 9.17. The summed E-state index contributed by atoms with van der Waals surface area (Å²) < 4.78 is 7.34. The standard InChI is InChI=1S/C15H20N2O2/c1-4-14-16-10-13(17(14)3)15(18)11-6-8-12(9-7-11)19-5-2/h6-10,15,18H,4-5H2,1-3H3/t15-/m0/s1. The summed E-state index contributed by atoms with van der Waals surface area (Å²) in [6.07, 6.45) is 1.93. The lowest BCUT2D eigenvalue weighted by Gasteiger charge is -2.13. The van der Waals surface area contributed by atoms with Crippen molar-refractivity contribution < 1.29 is 9.84 Å². The predicted molar refractivity (Wildman–Crippen MR) is 74.3 cm³/mol. The fourth-order valence-corrected chi connectivity index (χ4v) is 2.13. The summed E-state index contributed by atoms with van der Waals surface area (Å²) in [7, 11) is 1.93. The number of benzene rings is 1. The molecule has 4 nitrogen and oxygen atoms in total. The van der Waals surface area contributed by atoms with E-state index in [1.807, 2.05) is 42.8 Å². The van der Waals surface area contributed by atoms with Crippen LogP contribution in [0.4, 0.5) is 0 Å². The van der Waals surface area contributed by atoms with Gasteiger partial charge in [0.15, 0.2) is 0 Å². The first kappa shape index (κ1) is 13.6. The van der Waals surface area contributed by atoms with Crippen molar-refractivity contribution >= 4 is 0 Å². The highest BCUT2D eigenvalue weighted by Crippen LogP contribution is 2.24. The second-order valence-electron chi connectivity index (χ2n) is 4.42. The number of hydrogen-bond acceptors (Lipinski definition) is 3. The van der Waals surface area contributed by atoms with E-state index in [0.29, 0.717) is 6.61 Å². The summed E-state index contributed by atoms with van der Waals surface area (Å²) in [4.78, 5) is 4.31. The highest BCUT2D eigenvalue weighted by atomic mass is 16.5. The van der Waals surface area contributed by atoms with Gasteiger partial charge in [0.25, 0.3) is 0 Å². The average molecular weight is 260 g/mol. The number of aromatic nitrogens is 2. The Morgan fingerprint density at radius 2 is 1.95 bits per heavy atom. The maximum absolute atomic E-state index is 10.4. The van der Waals surface area contributed by atoms with E-state index in [1.54, 1.807) is 6.20 Å². The van der Waals surface area contributed by atoms with Crippen LogP contribution in [0.3, 0.4) is 0 Å². The Morgan fingerprint density at radius 3 is 2.47 bits per heavy atom. The lowest BCUT2D eigenvalue weighted by Crippen LogP contribution is -2.07. The van der Waals surface area contributed by atoms with Crippen molar-refractivity contribution in [2.75, 3.05) is 6.61 Å². The highest BCUT2D eigenvalue weighted by Gasteiger charge is 2.16. The largest absolute Gasteiger partial charge is 0.494 e. The minimum absolute atomic E-state index is 0.642. The van der Waals surface area contributed by atoms with Gasteiger partial charge in [-0.1, -0.05) is 19.1 Å². The van der Waals surface area contributed by atoms with E-state index in [-0.39, 0.29) is 0 Å². The Labute approximate surface area is 113 Å². The number of ether oxygens (including phenoxy) is 1. The fraction of sp³-hybridized carbons (Fsp3) is 0.400. The number of rotatable bonds is 5. The van der Waals surface area contributed by atoms with E-state index in [0.717, 1.165) is 29.3 Å². The van der Waals surface area contributed by atoms with Crippen LogP contribution in [0.2, 0.25) is 0 Å². The van der Waals surface area contributed by atoms with Gasteiger partial charge in [-0.25, -0.2) is 4.98 Å². The van der Waals surface area contributed by atoms with E-state index in [9.17, 15) is 5.11 Å². The van der Waals surface area contributed by atoms with E-state index < -0.39 is 6.10 Å². The summed E-state index contributed by atoms with van der Waals surface area (Å²) in [5, 5.41) is 10.4. The average Bonchev–Trinajstić information content (AvgIpc) is 2.80. The molecule has 0 amide bonds. The van der Waals surface area contributed by atoms with Gasteiger partial charge < -0.3 is 14.4 Å². The van der Waals surface area contributed by atoms with Crippen LogP contribution in [0.5, 0.6) is 5.75 Å². The first-order valence-electron chi connectivity index (χ1n) is 6.58. The molecule has 4 heteroatoms. The van der Waals surface area contributed by atoms with Crippen LogP contribution in [0, 0.1) is 0 Å². The maximum atomic E-state index is 10.4. The molecule has 2 rings (SSSR count). The van der Waals surface area contributed by atoms with Gasteiger partial charge in [-0.2, -0.15) is 0 Å². The van der Waals surface area contributed by atoms with Gasteiger partial charge in [0.2, 0.25) is 0 Å². The minimum Gasteiger partial charge on any atom is -0.494 e. The molecule has 0 saturated heterocycles. The van der Waals surface area contributed by atoms with Crippen LogP contribution in [0.25, 0.3) is 0 Å². The zero-order chi connectivity index (χ0) is 13.8. The molecule has 2 aromatic rings. The van der Waals surface area contributed by atoms with Crippen molar-refractivity contribution in [3.05, 3.63) is 47.5 Å². The van der Waals surface area contributed by atoms with Crippen LogP contribution in [-0.2, 0) is 13.5 Å². The Balaban J connectivity index is 2.22. The molecule has 0 radical (unpaired) electrons. The normalized spacial score (nSPS) is 12.4. The van der Waals surface area contributed by atoms with Gasteiger partial charge in [0, 0.05) is 13.5 Å². The predicted octanol–water partition coefficient (Wildman–Crippen LogP) is 2.46. The third-order valence-electron chi connectivity index (χ3n) is 3.22. The second-order valence-corrected chi connectivity index (χ2v) is 4.42. The molecule has 0 unspecified atom stereocenters. The quantitative estimate of drug-likeness (QED) is 0.898. The summed E-state index contributed by atoms with van der Waals surface area (Å²) in [5.74, 6) is 1.79. The monoisotopic (exact) mass is 260 g/mol. The third-order valence-corrected chi connectivity index (χ3v) is 3.22. The Kier molecular flexibility index (Phi) is 4.22. The molecule has 0 spiro atoms. The van der Waals surface area contributed by atoms with Gasteiger partial charge in [-0.3, -0.25) is 0 Å². The molecular formula is C15H20N2O2. The Bertz CT molecular complexity index is 532. The molecular weight excluding hydrogens is 240 g/mol. The van der Waals surface area contributed by atoms with Crippen molar-refractivity contribution in [3.8, 4) is 5.75 Å². The molecule has 1 aromatic carbocycles. The van der Waals surface area contributed by atoms with E-state index in [2.05, 4.69) is 11.9 Å². The van der Waals surface area contributed by atoms with Crippen LogP contribution >= 0.6 is 0 Å². The van der Waals surface area contributed by atoms with Gasteiger partial charge >= 0.3 is 0 Å². The number of aryl methyl sites for hydroxylation is 1. The Morgan fingerprint density at radius 1 is 1.26 bits per heavy atom. The van der Waals surface area contributed by atoms with Crippen LogP contribution in [0.15, 0.2) is 30.5 Å². The summed E-state index contributed by atoms with van der Waals surface area (Å²) in [5.41, 5.74) is 1.65. The molecule has 1 aromatic heterocycles. The van der Waals surface area contributed by atoms with Crippen LogP contribution < -0.4 is 4.74 Å². The summed E-state index contributed by atoms with van der Waals surface area (Å²) in [6, 6.07) is 7.51. The summed E-state index contributed by atoms with van der Waals surface area (Å²) >= 11 is 0. The SMILES string of the molecule is CCOc1ccc([C@H](O)c2cnc(CC)n2C)cc1. The third kappa shape index (κ3) is 2.79. The minimum atomic E-state index is -0.659. The lowest BCUT2D eigenvalue weighted by molar-refractivity contribution is 0.211. The van der Waals surface area contributed by atoms with Crippen molar-refractivity contribution in [1.82, 2.24) is 9.55 Å². The molecule has 0 aliphatic carbocycles. The van der Waals surface area contributed by atoms with E-state index in [1.165, 1.54) is 0 Å². The number of aliphatic hydroxyl groups excluding tert-OH is 1. The molecule has 1 atom stereocenters. The zero-order valence-corrected chi connectivity index (χ0v) is 11.6. The number of imidazole rings is 1. The van der Waals surface area contributed by atoms with Gasteiger partial charge in [0.1, 0.15) is 17.7 Å². The number of hydrogen-bond donors (Lipinski definition) is 1. The zero-order valence-electron chi connectivity index (χ0n) is 11.6. The maximum Gasteiger partial charge on any atom is 0.121 e. The molecule has 102 valence electrons. The second kappa shape index (κ2) is 5.89. The number of aliphatic hydroxyl groups is 1. The van der Waals surface area contributed by atoms with Gasteiger partial charge in [0.05, 0.1) is 18.5 Å². The van der Waals surface area contributed by atoms with Gasteiger partial charge in [-0.15, -0.1) is 0 Å². The molecule has 19 heavy (non-hydrogen) atoms. The van der Waals surface area contributed by atoms with E-state index >= 15 is 0 Å². The van der Waals surface area contributed by atoms with Crippen molar-refractivity contribution in [1.29, 1.82) is 0 Å². The van der Waals surface area contributed by atoms with Crippen LogP contribution in [-0.4, -0.2) is 21.3 Å². The molecule has 0 aliphatic rings. The molecule has 0 bridgehead atoms. The van der Waals surface area contributed by atoms with Crippen molar-refractivity contribution in [3.63, 3.8) is 0 Å². The lowest BCUT2D eigenvalue weighted by atomic mass is 10.1. The molecule has 0 saturated carbocycles. The summed E-state index contributed by atoms with van der Waals surface area (Å²) in [6.45, 7) is 4.64. The number of nitrogens with zero attached hydrogens (tertiary/aromatic N) is 2. The fourth-order valence-electron chi connectivity index (χ4n) is 2.13. The van der Waals surface area contributed by atoms with Gasteiger partial charge in [-0.05, 0) is 24.6 Å². The van der Waals surface area contributed by atoms with Crippen molar-refractivity contribution in [2.24, 2.45) is 7.05 Å². The molecule has 1 heterocycles. The smallest absolute Gasteiger partial charge is 0.121 e. The Hall–Kier alpha value is -1.81. The first-order valence-corrected chi connectivity index (χ1v) is 6.58. The molecule has 0 aliphatic heterocycles. The van der Waals surface area contributed by atoms with Crippen LogP contribution in [0.1, 0.15) is 37.0 Å². The highest BCUT2D eigenvalue weighted by molar-refractivity contribution is 5.32.